The van der Waals surface area contributed by atoms with Gasteiger partial charge in [-0.15, -0.1) is 0 Å². The molecule has 2 aliphatic heterocycles. The second-order valence-corrected chi connectivity index (χ2v) is 12.9. The first kappa shape index (κ1) is 28.2. The molecule has 0 atom stereocenters. The van der Waals surface area contributed by atoms with Crippen LogP contribution in [0.15, 0.2) is 36.4 Å². The number of hydrogen-bond acceptors (Lipinski definition) is 5. The van der Waals surface area contributed by atoms with Crippen LogP contribution in [0, 0.1) is 18.8 Å². The number of morpholine rings is 1. The molecule has 0 bridgehead atoms. The monoisotopic (exact) mass is 586 g/mol. The van der Waals surface area contributed by atoms with Crippen molar-refractivity contribution in [2.75, 3.05) is 45.6 Å². The van der Waals surface area contributed by atoms with Gasteiger partial charge < -0.3 is 4.74 Å². The molecule has 0 aliphatic carbocycles. The minimum atomic E-state index is -3.33. The van der Waals surface area contributed by atoms with E-state index in [1.54, 1.807) is 0 Å². The largest absolute Gasteiger partial charge is 0.379 e. The first-order valence-electron chi connectivity index (χ1n) is 13.1. The topological polar surface area (TPSA) is 67.7 Å². The fourth-order valence-electron chi connectivity index (χ4n) is 5.07. The third-order valence-corrected chi connectivity index (χ3v) is 9.26. The van der Waals surface area contributed by atoms with Crippen LogP contribution in [0.4, 0.5) is 0 Å². The van der Waals surface area contributed by atoms with Gasteiger partial charge in [-0.1, -0.05) is 41.1 Å². The van der Waals surface area contributed by atoms with Crippen molar-refractivity contribution in [3.05, 3.63) is 74.4 Å². The van der Waals surface area contributed by atoms with Gasteiger partial charge in [-0.25, -0.2) is 8.42 Å². The highest BCUT2D eigenvalue weighted by Crippen LogP contribution is 2.33. The number of sulfonamides is 1. The lowest BCUT2D eigenvalue weighted by Gasteiger charge is -2.27. The van der Waals surface area contributed by atoms with E-state index in [9.17, 15) is 8.42 Å². The Kier molecular flexibility index (Phi) is 8.67. The molecule has 39 heavy (non-hydrogen) atoms. The summed E-state index contributed by atoms with van der Waals surface area (Å²) in [6.07, 6.45) is 2.85. The molecule has 7 nitrogen and oxygen atoms in total. The van der Waals surface area contributed by atoms with Crippen molar-refractivity contribution in [2.24, 2.45) is 0 Å². The molecule has 0 N–H and O–H groups in total. The predicted octanol–water partition coefficient (Wildman–Crippen LogP) is 4.61. The summed E-state index contributed by atoms with van der Waals surface area (Å²) in [4.78, 5) is 2.41. The van der Waals surface area contributed by atoms with Crippen LogP contribution in [-0.2, 0) is 34.3 Å². The zero-order valence-corrected chi connectivity index (χ0v) is 24.5. The maximum atomic E-state index is 12.4. The van der Waals surface area contributed by atoms with E-state index in [0.29, 0.717) is 35.1 Å². The minimum absolute atomic E-state index is 0.306. The first-order chi connectivity index (χ1) is 18.7. The molecule has 1 fully saturated rings. The van der Waals surface area contributed by atoms with E-state index in [1.807, 2.05) is 43.3 Å². The van der Waals surface area contributed by atoms with Gasteiger partial charge in [-0.05, 0) is 49.2 Å². The van der Waals surface area contributed by atoms with E-state index in [2.05, 4.69) is 21.4 Å². The molecule has 5 rings (SSSR count). The SMILES string of the molecule is Cc1cc(C#Cc2cc(-c3nn(CCCN4CCOCC4)c4c3CN(S(C)(=O)=O)CC4)ccc2Cl)ccc1Cl. The zero-order chi connectivity index (χ0) is 27.6. The number of halogens is 2. The highest BCUT2D eigenvalue weighted by atomic mass is 35.5. The smallest absolute Gasteiger partial charge is 0.211 e. The normalized spacial score (nSPS) is 16.5. The van der Waals surface area contributed by atoms with Gasteiger partial charge in [0.2, 0.25) is 10.0 Å². The molecule has 3 heterocycles. The van der Waals surface area contributed by atoms with E-state index in [1.165, 1.54) is 10.6 Å². The summed E-state index contributed by atoms with van der Waals surface area (Å²) in [6.45, 7) is 7.93. The molecule has 0 radical (unpaired) electrons. The zero-order valence-electron chi connectivity index (χ0n) is 22.2. The molecular formula is C29H32Cl2N4O3S. The Morgan fingerprint density at radius 3 is 2.51 bits per heavy atom. The summed E-state index contributed by atoms with van der Waals surface area (Å²) < 4.78 is 33.9. The Balaban J connectivity index is 1.46. The van der Waals surface area contributed by atoms with Gasteiger partial charge >= 0.3 is 0 Å². The van der Waals surface area contributed by atoms with E-state index >= 15 is 0 Å². The number of aryl methyl sites for hydroxylation is 2. The number of hydrogen-bond donors (Lipinski definition) is 0. The molecule has 0 spiro atoms. The quantitative estimate of drug-likeness (QED) is 0.395. The molecule has 0 saturated carbocycles. The molecule has 3 aromatic rings. The van der Waals surface area contributed by atoms with Gasteiger partial charge in [0.1, 0.15) is 0 Å². The van der Waals surface area contributed by atoms with Gasteiger partial charge in [0.15, 0.2) is 0 Å². The highest BCUT2D eigenvalue weighted by Gasteiger charge is 2.30. The van der Waals surface area contributed by atoms with Crippen LogP contribution in [0.25, 0.3) is 11.3 Å². The number of ether oxygens (including phenoxy) is 1. The molecule has 10 heteroatoms. The van der Waals surface area contributed by atoms with E-state index in [-0.39, 0.29) is 0 Å². The molecule has 206 valence electrons. The van der Waals surface area contributed by atoms with Crippen molar-refractivity contribution < 1.29 is 13.2 Å². The Morgan fingerprint density at radius 1 is 1.00 bits per heavy atom. The third kappa shape index (κ3) is 6.68. The minimum Gasteiger partial charge on any atom is -0.379 e. The lowest BCUT2D eigenvalue weighted by atomic mass is 10.0. The van der Waals surface area contributed by atoms with Crippen molar-refractivity contribution in [2.45, 2.75) is 32.9 Å². The Hall–Kier alpha value is -2.38. The molecule has 1 saturated heterocycles. The van der Waals surface area contributed by atoms with Gasteiger partial charge in [-0.3, -0.25) is 9.58 Å². The average molecular weight is 588 g/mol. The van der Waals surface area contributed by atoms with Crippen LogP contribution in [-0.4, -0.2) is 73.1 Å². The van der Waals surface area contributed by atoms with Crippen molar-refractivity contribution in [3.63, 3.8) is 0 Å². The van der Waals surface area contributed by atoms with E-state index in [4.69, 9.17) is 33.0 Å². The van der Waals surface area contributed by atoms with E-state index in [0.717, 1.165) is 79.5 Å². The Morgan fingerprint density at radius 2 is 1.77 bits per heavy atom. The summed E-state index contributed by atoms with van der Waals surface area (Å²) in [6, 6.07) is 11.4. The van der Waals surface area contributed by atoms with Crippen LogP contribution >= 0.6 is 23.2 Å². The van der Waals surface area contributed by atoms with Crippen LogP contribution < -0.4 is 0 Å². The number of fused-ring (bicyclic) bond motifs is 1. The molecule has 2 aliphatic rings. The maximum Gasteiger partial charge on any atom is 0.211 e. The number of aromatic nitrogens is 2. The highest BCUT2D eigenvalue weighted by molar-refractivity contribution is 7.88. The van der Waals surface area contributed by atoms with Gasteiger partial charge in [-0.2, -0.15) is 9.40 Å². The second-order valence-electron chi connectivity index (χ2n) is 10.1. The van der Waals surface area contributed by atoms with Crippen molar-refractivity contribution in [3.8, 4) is 23.1 Å². The third-order valence-electron chi connectivity index (χ3n) is 7.26. The second kappa shape index (κ2) is 12.0. The van der Waals surface area contributed by atoms with Crippen LogP contribution in [0.1, 0.15) is 34.4 Å². The lowest BCUT2D eigenvalue weighted by molar-refractivity contribution is 0.0368. The maximum absolute atomic E-state index is 12.4. The average Bonchev–Trinajstić information content (AvgIpc) is 3.28. The Labute approximate surface area is 240 Å². The summed E-state index contributed by atoms with van der Waals surface area (Å²) in [7, 11) is -3.33. The van der Waals surface area contributed by atoms with Gasteiger partial charge in [0, 0.05) is 78.7 Å². The number of benzene rings is 2. The lowest BCUT2D eigenvalue weighted by Crippen LogP contribution is -2.37. The standard InChI is InChI=1S/C29H32Cl2N4O3S/c1-21-18-22(5-8-26(21)30)4-6-23-19-24(7-9-27(23)31)29-25-20-34(39(2,36)37)13-10-28(25)35(32-29)12-3-11-33-14-16-38-17-15-33/h5,7-9,18-19H,3,10-17,20H2,1-2H3. The summed E-state index contributed by atoms with van der Waals surface area (Å²) in [5.41, 5.74) is 6.21. The summed E-state index contributed by atoms with van der Waals surface area (Å²) in [5, 5.41) is 6.27. The number of nitrogens with zero attached hydrogens (tertiary/aromatic N) is 4. The Bertz CT molecular complexity index is 1540. The molecule has 0 unspecified atom stereocenters. The van der Waals surface area contributed by atoms with Crippen molar-refractivity contribution >= 4 is 33.2 Å². The summed E-state index contributed by atoms with van der Waals surface area (Å²) in [5.74, 6) is 6.38. The van der Waals surface area contributed by atoms with Crippen molar-refractivity contribution in [1.29, 1.82) is 0 Å². The predicted molar refractivity (Wildman–Crippen MR) is 156 cm³/mol. The molecule has 2 aromatic carbocycles. The van der Waals surface area contributed by atoms with Crippen molar-refractivity contribution in [1.82, 2.24) is 19.0 Å². The van der Waals surface area contributed by atoms with Gasteiger partial charge in [0.25, 0.3) is 0 Å². The fourth-order valence-corrected chi connectivity index (χ4v) is 6.13. The molecule has 0 amide bonds. The van der Waals surface area contributed by atoms with Gasteiger partial charge in [0.05, 0.1) is 30.2 Å². The molecule has 1 aromatic heterocycles. The first-order valence-corrected chi connectivity index (χ1v) is 15.7. The summed E-state index contributed by atoms with van der Waals surface area (Å²) >= 11 is 12.7. The fraction of sp³-hybridized carbons (Fsp3) is 0.414. The van der Waals surface area contributed by atoms with E-state index < -0.39 is 10.0 Å². The molecular weight excluding hydrogens is 555 g/mol. The van der Waals surface area contributed by atoms with Crippen LogP contribution in [0.3, 0.4) is 0 Å². The number of rotatable bonds is 6. The van der Waals surface area contributed by atoms with Crippen LogP contribution in [0.2, 0.25) is 10.0 Å². The van der Waals surface area contributed by atoms with Crippen LogP contribution in [0.5, 0.6) is 0 Å².